The van der Waals surface area contributed by atoms with Gasteiger partial charge in [-0.05, 0) is 31.0 Å². The minimum Gasteiger partial charge on any atom is -0.445 e. The highest BCUT2D eigenvalue weighted by Crippen LogP contribution is 2.40. The van der Waals surface area contributed by atoms with Crippen molar-refractivity contribution < 1.29 is 13.2 Å². The van der Waals surface area contributed by atoms with Crippen molar-refractivity contribution in [2.45, 2.75) is 23.1 Å². The van der Waals surface area contributed by atoms with Gasteiger partial charge in [-0.2, -0.15) is 0 Å². The van der Waals surface area contributed by atoms with Gasteiger partial charge in [-0.25, -0.2) is 13.1 Å². The number of sulfonamides is 1. The first-order valence-corrected chi connectivity index (χ1v) is 11.2. The van der Waals surface area contributed by atoms with Gasteiger partial charge in [0.2, 0.25) is 15.1 Å². The number of nitrogens with zero attached hydrogens (tertiary/aromatic N) is 1. The van der Waals surface area contributed by atoms with E-state index >= 15 is 0 Å². The zero-order chi connectivity index (χ0) is 18.1. The third kappa shape index (κ3) is 4.15. The number of piperazine rings is 1. The molecule has 2 heterocycles. The molecule has 0 unspecified atom stereocenters. The van der Waals surface area contributed by atoms with E-state index < -0.39 is 10.0 Å². The minimum atomic E-state index is -3.53. The molecule has 0 spiro atoms. The number of thiophene rings is 1. The fourth-order valence-corrected chi connectivity index (χ4v) is 5.71. The second-order valence-electron chi connectivity index (χ2n) is 6.43. The lowest BCUT2D eigenvalue weighted by Crippen LogP contribution is -2.43. The Morgan fingerprint density at radius 2 is 2.00 bits per heavy atom. The Morgan fingerprint density at radius 1 is 1.23 bits per heavy atom. The van der Waals surface area contributed by atoms with Crippen LogP contribution in [0, 0.1) is 0 Å². The molecule has 1 aromatic heterocycles. The van der Waals surface area contributed by atoms with E-state index in [-0.39, 0.29) is 10.3 Å². The van der Waals surface area contributed by atoms with Crippen LogP contribution in [0.25, 0.3) is 0 Å². The monoisotopic (exact) mass is 413 g/mol. The highest BCUT2D eigenvalue weighted by Gasteiger charge is 2.30. The number of rotatable bonds is 6. The topological polar surface area (TPSA) is 70.7 Å². The number of hydrogen-bond donors (Lipinski definition) is 2. The molecule has 1 saturated heterocycles. The van der Waals surface area contributed by atoms with E-state index in [2.05, 4.69) is 14.9 Å². The van der Waals surface area contributed by atoms with Crippen LogP contribution in [0.5, 0.6) is 10.8 Å². The van der Waals surface area contributed by atoms with Gasteiger partial charge in [0.05, 0.1) is 5.02 Å². The molecule has 0 radical (unpaired) electrons. The summed E-state index contributed by atoms with van der Waals surface area (Å²) in [7, 11) is -3.53. The predicted molar refractivity (Wildman–Crippen MR) is 104 cm³/mol. The first-order valence-electron chi connectivity index (χ1n) is 8.56. The van der Waals surface area contributed by atoms with Crippen molar-refractivity contribution in [2.75, 3.05) is 31.1 Å². The molecule has 1 aliphatic carbocycles. The van der Waals surface area contributed by atoms with Crippen LogP contribution in [-0.2, 0) is 10.0 Å². The summed E-state index contributed by atoms with van der Waals surface area (Å²) in [6, 6.07) is 9.29. The molecule has 1 aromatic carbocycles. The van der Waals surface area contributed by atoms with Crippen molar-refractivity contribution >= 4 is 38.6 Å². The highest BCUT2D eigenvalue weighted by atomic mass is 35.5. The number of anilines is 1. The lowest BCUT2D eigenvalue weighted by atomic mass is 10.2. The molecule has 1 saturated carbocycles. The van der Waals surface area contributed by atoms with Gasteiger partial charge in [0.1, 0.15) is 9.96 Å². The van der Waals surface area contributed by atoms with E-state index in [9.17, 15) is 8.42 Å². The molecule has 2 aromatic rings. The Morgan fingerprint density at radius 3 is 2.73 bits per heavy atom. The number of halogens is 1. The van der Waals surface area contributed by atoms with E-state index in [1.807, 2.05) is 24.3 Å². The van der Waals surface area contributed by atoms with Gasteiger partial charge in [-0.1, -0.05) is 29.0 Å². The van der Waals surface area contributed by atoms with Crippen LogP contribution in [0.15, 0.2) is 34.5 Å². The summed E-state index contributed by atoms with van der Waals surface area (Å²) in [6.07, 6.45) is 1.78. The molecule has 4 rings (SSSR count). The maximum absolute atomic E-state index is 12.3. The average Bonchev–Trinajstić information content (AvgIpc) is 3.36. The molecule has 6 nitrogen and oxygen atoms in total. The maximum Gasteiger partial charge on any atom is 0.250 e. The molecule has 0 atom stereocenters. The van der Waals surface area contributed by atoms with Crippen LogP contribution < -0.4 is 19.7 Å². The van der Waals surface area contributed by atoms with Crippen molar-refractivity contribution in [2.24, 2.45) is 0 Å². The lowest BCUT2D eigenvalue weighted by Gasteiger charge is -2.29. The van der Waals surface area contributed by atoms with Gasteiger partial charge in [-0.15, -0.1) is 0 Å². The Hall–Kier alpha value is -1.32. The molecular formula is C17H20ClN3O3S2. The molecule has 1 aliphatic heterocycles. The van der Waals surface area contributed by atoms with E-state index in [0.717, 1.165) is 56.0 Å². The fraction of sp³-hybridized carbons (Fsp3) is 0.412. The summed E-state index contributed by atoms with van der Waals surface area (Å²) in [5.41, 5.74) is 1.08. The van der Waals surface area contributed by atoms with Crippen LogP contribution in [0.2, 0.25) is 5.02 Å². The van der Waals surface area contributed by atoms with Gasteiger partial charge in [-0.3, -0.25) is 0 Å². The molecule has 26 heavy (non-hydrogen) atoms. The molecular weight excluding hydrogens is 394 g/mol. The maximum atomic E-state index is 12.3. The van der Waals surface area contributed by atoms with Gasteiger partial charge < -0.3 is 15.0 Å². The summed E-state index contributed by atoms with van der Waals surface area (Å²) in [5.74, 6) is 0.642. The summed E-state index contributed by atoms with van der Waals surface area (Å²) in [4.78, 5) is 2.29. The molecule has 2 aliphatic rings. The highest BCUT2D eigenvalue weighted by molar-refractivity contribution is 7.91. The van der Waals surface area contributed by atoms with E-state index in [0.29, 0.717) is 15.8 Å². The molecule has 0 bridgehead atoms. The van der Waals surface area contributed by atoms with Crippen LogP contribution in [0.3, 0.4) is 0 Å². The van der Waals surface area contributed by atoms with Crippen molar-refractivity contribution in [1.82, 2.24) is 10.0 Å². The van der Waals surface area contributed by atoms with Gasteiger partial charge >= 0.3 is 0 Å². The molecule has 2 N–H and O–H groups in total. The standard InChI is InChI=1S/C17H20ClN3O3S2/c18-15-11-16(26(22,23)20-12-4-5-12)25-17(15)24-14-3-1-2-13(10-14)21-8-6-19-7-9-21/h1-3,10-12,19-20H,4-9H2. The lowest BCUT2D eigenvalue weighted by molar-refractivity contribution is 0.496. The van der Waals surface area contributed by atoms with E-state index in [1.165, 1.54) is 6.07 Å². The van der Waals surface area contributed by atoms with E-state index in [1.54, 1.807) is 0 Å². The summed E-state index contributed by atoms with van der Waals surface area (Å²) < 4.78 is 33.4. The zero-order valence-corrected chi connectivity index (χ0v) is 16.5. The van der Waals surface area contributed by atoms with Crippen LogP contribution in [0.1, 0.15) is 12.8 Å². The van der Waals surface area contributed by atoms with Gasteiger partial charge in [0.15, 0.2) is 0 Å². The molecule has 9 heteroatoms. The van der Waals surface area contributed by atoms with Crippen molar-refractivity contribution in [1.29, 1.82) is 0 Å². The SMILES string of the molecule is O=S(=O)(NC1CC1)c1cc(Cl)c(Oc2cccc(N3CCNCC3)c2)s1. The normalized spacial score (nSPS) is 18.1. The number of nitrogens with one attached hydrogen (secondary N) is 2. The largest absolute Gasteiger partial charge is 0.445 e. The average molecular weight is 414 g/mol. The smallest absolute Gasteiger partial charge is 0.250 e. The summed E-state index contributed by atoms with van der Waals surface area (Å²) in [5, 5.41) is 4.02. The second-order valence-corrected chi connectivity index (χ2v) is 9.80. The molecule has 2 fully saturated rings. The zero-order valence-electron chi connectivity index (χ0n) is 14.1. The van der Waals surface area contributed by atoms with Gasteiger partial charge in [0, 0.05) is 44.0 Å². The first-order chi connectivity index (χ1) is 12.5. The third-order valence-corrected chi connectivity index (χ3v) is 7.71. The fourth-order valence-electron chi connectivity index (χ4n) is 2.79. The third-order valence-electron chi connectivity index (χ3n) is 4.31. The quantitative estimate of drug-likeness (QED) is 0.761. The Kier molecular flexibility index (Phi) is 5.11. The number of benzene rings is 1. The van der Waals surface area contributed by atoms with Crippen LogP contribution in [-0.4, -0.2) is 40.6 Å². The predicted octanol–water partition coefficient (Wildman–Crippen LogP) is 3.04. The van der Waals surface area contributed by atoms with Crippen LogP contribution >= 0.6 is 22.9 Å². The Balaban J connectivity index is 1.52. The number of ether oxygens (including phenoxy) is 1. The van der Waals surface area contributed by atoms with Crippen LogP contribution in [0.4, 0.5) is 5.69 Å². The number of hydrogen-bond acceptors (Lipinski definition) is 6. The second kappa shape index (κ2) is 7.36. The minimum absolute atomic E-state index is 0.0564. The Bertz CT molecular complexity index is 890. The molecule has 140 valence electrons. The van der Waals surface area contributed by atoms with Gasteiger partial charge in [0.25, 0.3) is 0 Å². The van der Waals surface area contributed by atoms with Crippen molar-refractivity contribution in [3.8, 4) is 10.8 Å². The van der Waals surface area contributed by atoms with E-state index in [4.69, 9.17) is 16.3 Å². The first kappa shape index (κ1) is 18.1. The summed E-state index contributed by atoms with van der Waals surface area (Å²) in [6.45, 7) is 3.80. The summed E-state index contributed by atoms with van der Waals surface area (Å²) >= 11 is 7.26. The Labute approximate surface area is 162 Å². The van der Waals surface area contributed by atoms with Crippen molar-refractivity contribution in [3.05, 3.63) is 35.4 Å². The van der Waals surface area contributed by atoms with Crippen molar-refractivity contribution in [3.63, 3.8) is 0 Å². The molecule has 0 amide bonds.